The van der Waals surface area contributed by atoms with Crippen molar-refractivity contribution in [3.63, 3.8) is 0 Å². The molecule has 1 aromatic heterocycles. The molecule has 106 valence electrons. The molecule has 0 fully saturated rings. The quantitative estimate of drug-likeness (QED) is 0.806. The number of hydrogen-bond acceptors (Lipinski definition) is 3. The van der Waals surface area contributed by atoms with Crippen LogP contribution < -0.4 is 0 Å². The Morgan fingerprint density at radius 1 is 1.15 bits per heavy atom. The van der Waals surface area contributed by atoms with Crippen molar-refractivity contribution in [3.8, 4) is 11.3 Å². The lowest BCUT2D eigenvalue weighted by atomic mass is 10.1. The number of hydrogen-bond donors (Lipinski definition) is 0. The van der Waals surface area contributed by atoms with Crippen LogP contribution in [0.25, 0.3) is 11.3 Å². The highest BCUT2D eigenvalue weighted by Crippen LogP contribution is 2.20. The van der Waals surface area contributed by atoms with E-state index in [4.69, 9.17) is 0 Å². The molecule has 5 heteroatoms. The third-order valence-electron chi connectivity index (χ3n) is 2.22. The van der Waals surface area contributed by atoms with Gasteiger partial charge in [-0.05, 0) is 19.9 Å². The highest BCUT2D eigenvalue weighted by molar-refractivity contribution is 5.59. The molecule has 0 unspecified atom stereocenters. The summed E-state index contributed by atoms with van der Waals surface area (Å²) in [6, 6.07) is 9.68. The lowest BCUT2D eigenvalue weighted by molar-refractivity contribution is -0.131. The molecule has 0 aliphatic carbocycles. The van der Waals surface area contributed by atoms with Crippen LogP contribution in [0.15, 0.2) is 42.6 Å². The van der Waals surface area contributed by atoms with Crippen LogP contribution in [0.1, 0.15) is 13.8 Å². The van der Waals surface area contributed by atoms with Gasteiger partial charge in [-0.1, -0.05) is 30.3 Å². The second-order valence-electron chi connectivity index (χ2n) is 4.10. The molecule has 3 nitrogen and oxygen atoms in total. The van der Waals surface area contributed by atoms with Gasteiger partial charge in [0.25, 0.3) is 6.47 Å². The molecule has 0 bridgehead atoms. The van der Waals surface area contributed by atoms with Crippen LogP contribution in [0.3, 0.4) is 0 Å². The van der Waals surface area contributed by atoms with Gasteiger partial charge in [-0.25, -0.2) is 8.78 Å². The summed E-state index contributed by atoms with van der Waals surface area (Å²) < 4.78 is 30.5. The Kier molecular flexibility index (Phi) is 6.29. The smallest absolute Gasteiger partial charge is 0.293 e. The number of carbonyl (C=O) groups excluding carboxylic acids is 1. The summed E-state index contributed by atoms with van der Waals surface area (Å²) in [5, 5.41) is 0. The first-order valence-corrected chi connectivity index (χ1v) is 6.00. The van der Waals surface area contributed by atoms with E-state index in [0.717, 1.165) is 6.07 Å². The first-order valence-electron chi connectivity index (χ1n) is 6.00. The number of halogens is 2. The molecule has 0 saturated heterocycles. The number of benzene rings is 1. The predicted molar refractivity (Wildman–Crippen MR) is 71.9 cm³/mol. The van der Waals surface area contributed by atoms with E-state index in [1.54, 1.807) is 44.2 Å². The minimum Gasteiger partial charge on any atom is -0.465 e. The number of aromatic nitrogens is 1. The lowest BCUT2D eigenvalue weighted by Gasteiger charge is -2.01. The van der Waals surface area contributed by atoms with Crippen LogP contribution in [-0.4, -0.2) is 17.6 Å². The zero-order valence-corrected chi connectivity index (χ0v) is 11.2. The van der Waals surface area contributed by atoms with Gasteiger partial charge in [0.1, 0.15) is 5.69 Å². The van der Waals surface area contributed by atoms with Crippen LogP contribution in [0.5, 0.6) is 0 Å². The van der Waals surface area contributed by atoms with Crippen molar-refractivity contribution in [2.45, 2.75) is 20.0 Å². The maximum atomic E-state index is 13.2. The molecule has 0 N–H and O–H groups in total. The molecular formula is C15H15F2NO2. The van der Waals surface area contributed by atoms with Crippen LogP contribution in [0.2, 0.25) is 0 Å². The molecule has 0 aliphatic heterocycles. The fourth-order valence-corrected chi connectivity index (χ4v) is 1.33. The van der Waals surface area contributed by atoms with Gasteiger partial charge in [0.05, 0.1) is 6.10 Å². The van der Waals surface area contributed by atoms with E-state index in [2.05, 4.69) is 9.72 Å². The Balaban J connectivity index is 0.000000286. The second kappa shape index (κ2) is 7.99. The molecular weight excluding hydrogens is 264 g/mol. The minimum atomic E-state index is -0.904. The lowest BCUT2D eigenvalue weighted by Crippen LogP contribution is -1.98. The first-order chi connectivity index (χ1) is 9.56. The maximum Gasteiger partial charge on any atom is 0.293 e. The number of carbonyl (C=O) groups is 1. The van der Waals surface area contributed by atoms with E-state index < -0.39 is 11.6 Å². The number of pyridine rings is 1. The molecule has 0 atom stereocenters. The highest BCUT2D eigenvalue weighted by Gasteiger charge is 2.09. The Bertz CT molecular complexity index is 545. The molecule has 0 amide bonds. The van der Waals surface area contributed by atoms with Crippen molar-refractivity contribution in [2.24, 2.45) is 0 Å². The summed E-state index contributed by atoms with van der Waals surface area (Å²) in [6.45, 7) is 4.05. The van der Waals surface area contributed by atoms with Gasteiger partial charge < -0.3 is 4.74 Å². The SMILES string of the molecule is CC(C)OC=O.Fc1ccnc(-c2ccccc2)c1F. The van der Waals surface area contributed by atoms with Crippen molar-refractivity contribution >= 4 is 6.47 Å². The summed E-state index contributed by atoms with van der Waals surface area (Å²) >= 11 is 0. The fourth-order valence-electron chi connectivity index (χ4n) is 1.33. The molecule has 0 spiro atoms. The van der Waals surface area contributed by atoms with Crippen LogP contribution in [0.4, 0.5) is 8.78 Å². The van der Waals surface area contributed by atoms with Gasteiger partial charge in [-0.3, -0.25) is 9.78 Å². The van der Waals surface area contributed by atoms with Crippen molar-refractivity contribution in [1.29, 1.82) is 0 Å². The van der Waals surface area contributed by atoms with Crippen molar-refractivity contribution in [1.82, 2.24) is 4.98 Å². The standard InChI is InChI=1S/C11H7F2N.C4H8O2/c12-9-6-7-14-11(10(9)13)8-4-2-1-3-5-8;1-4(2)6-3-5/h1-7H;3-4H,1-2H3. The summed E-state index contributed by atoms with van der Waals surface area (Å²) in [5.74, 6) is -1.78. The van der Waals surface area contributed by atoms with Crippen molar-refractivity contribution < 1.29 is 18.3 Å². The zero-order valence-electron chi connectivity index (χ0n) is 11.2. The number of rotatable bonds is 3. The van der Waals surface area contributed by atoms with Crippen LogP contribution in [-0.2, 0) is 9.53 Å². The van der Waals surface area contributed by atoms with E-state index >= 15 is 0 Å². The second-order valence-corrected chi connectivity index (χ2v) is 4.10. The minimum absolute atomic E-state index is 0.0301. The van der Waals surface area contributed by atoms with E-state index in [1.165, 1.54) is 6.20 Å². The predicted octanol–water partition coefficient (Wildman–Crippen LogP) is 3.59. The summed E-state index contributed by atoms with van der Waals surface area (Å²) in [7, 11) is 0. The van der Waals surface area contributed by atoms with Gasteiger partial charge in [-0.15, -0.1) is 0 Å². The van der Waals surface area contributed by atoms with Crippen molar-refractivity contribution in [2.75, 3.05) is 0 Å². The summed E-state index contributed by atoms with van der Waals surface area (Å²) in [6.07, 6.45) is 1.28. The Labute approximate surface area is 116 Å². The molecule has 2 rings (SSSR count). The monoisotopic (exact) mass is 279 g/mol. The van der Waals surface area contributed by atoms with E-state index in [0.29, 0.717) is 12.0 Å². The maximum absolute atomic E-state index is 13.2. The van der Waals surface area contributed by atoms with E-state index in [1.807, 2.05) is 0 Å². The van der Waals surface area contributed by atoms with Gasteiger partial charge in [-0.2, -0.15) is 0 Å². The average Bonchev–Trinajstić information content (AvgIpc) is 2.43. The van der Waals surface area contributed by atoms with Gasteiger partial charge in [0.2, 0.25) is 0 Å². The molecule has 2 aromatic rings. The van der Waals surface area contributed by atoms with Gasteiger partial charge in [0.15, 0.2) is 11.6 Å². The topological polar surface area (TPSA) is 39.2 Å². The zero-order chi connectivity index (χ0) is 15.0. The molecule has 1 heterocycles. The fraction of sp³-hybridized carbons (Fsp3) is 0.200. The van der Waals surface area contributed by atoms with Crippen molar-refractivity contribution in [3.05, 3.63) is 54.2 Å². The van der Waals surface area contributed by atoms with Crippen LogP contribution >= 0.6 is 0 Å². The normalized spacial score (nSPS) is 9.65. The molecule has 0 saturated carbocycles. The van der Waals surface area contributed by atoms with Crippen LogP contribution in [0, 0.1) is 11.6 Å². The van der Waals surface area contributed by atoms with Gasteiger partial charge >= 0.3 is 0 Å². The highest BCUT2D eigenvalue weighted by atomic mass is 19.2. The van der Waals surface area contributed by atoms with Gasteiger partial charge in [0, 0.05) is 11.8 Å². The average molecular weight is 279 g/mol. The largest absolute Gasteiger partial charge is 0.465 e. The molecule has 1 aromatic carbocycles. The Hall–Kier alpha value is -2.30. The number of nitrogens with zero attached hydrogens (tertiary/aromatic N) is 1. The molecule has 0 aliphatic rings. The Morgan fingerprint density at radius 2 is 1.80 bits per heavy atom. The third-order valence-corrected chi connectivity index (χ3v) is 2.22. The Morgan fingerprint density at radius 3 is 2.30 bits per heavy atom. The van der Waals surface area contributed by atoms with E-state index in [-0.39, 0.29) is 11.8 Å². The third kappa shape index (κ3) is 4.76. The first kappa shape index (κ1) is 15.8. The summed E-state index contributed by atoms with van der Waals surface area (Å²) in [5.41, 5.74) is 0.620. The van der Waals surface area contributed by atoms with E-state index in [9.17, 15) is 13.6 Å². The molecule has 20 heavy (non-hydrogen) atoms. The molecule has 0 radical (unpaired) electrons. The summed E-state index contributed by atoms with van der Waals surface area (Å²) in [4.78, 5) is 13.2. The number of ether oxygens (including phenoxy) is 1.